The number of halogens is 1. The van der Waals surface area contributed by atoms with Gasteiger partial charge in [-0.15, -0.1) is 0 Å². The average Bonchev–Trinajstić information content (AvgIpc) is 3.30. The van der Waals surface area contributed by atoms with E-state index in [4.69, 9.17) is 0 Å². The molecule has 1 fully saturated rings. The van der Waals surface area contributed by atoms with Crippen molar-refractivity contribution in [3.8, 4) is 0 Å². The Morgan fingerprint density at radius 3 is 2.22 bits per heavy atom. The predicted octanol–water partition coefficient (Wildman–Crippen LogP) is 4.76. The predicted molar refractivity (Wildman–Crippen MR) is 130 cm³/mol. The highest BCUT2D eigenvalue weighted by atomic mass is 19.1. The van der Waals surface area contributed by atoms with Crippen molar-refractivity contribution in [3.63, 3.8) is 0 Å². The van der Waals surface area contributed by atoms with Gasteiger partial charge in [0.25, 0.3) is 5.69 Å². The first-order valence-electron chi connectivity index (χ1n) is 11.5. The minimum atomic E-state index is -1.67. The fraction of sp³-hybridized carbons (Fsp3) is 0.179. The van der Waals surface area contributed by atoms with Crippen LogP contribution in [0.25, 0.3) is 6.08 Å². The van der Waals surface area contributed by atoms with Gasteiger partial charge in [-0.25, -0.2) is 4.39 Å². The van der Waals surface area contributed by atoms with Gasteiger partial charge in [0, 0.05) is 40.4 Å². The fourth-order valence-corrected chi connectivity index (χ4v) is 6.28. The van der Waals surface area contributed by atoms with Gasteiger partial charge >= 0.3 is 0 Å². The number of carbonyl (C=O) groups excluding carboxylic acids is 3. The maximum atomic E-state index is 14.2. The molecule has 1 aliphatic carbocycles. The molecule has 0 aromatic heterocycles. The Morgan fingerprint density at radius 1 is 1.00 bits per heavy atom. The lowest BCUT2D eigenvalue weighted by atomic mass is 9.64. The summed E-state index contributed by atoms with van der Waals surface area (Å²) in [6.45, 7) is 1.40. The van der Waals surface area contributed by atoms with Gasteiger partial charge in [-0.2, -0.15) is 0 Å². The SMILES string of the molecule is CC(=O)[C@@H]1[C@H](c2ccc([N+](=O)[O-])cc2)C2(C(=O)c3ccccc3C2=O)[C@H]2C=Cc3cc(F)ccc3N12. The third-order valence-corrected chi connectivity index (χ3v) is 7.65. The summed E-state index contributed by atoms with van der Waals surface area (Å²) < 4.78 is 14.1. The molecule has 3 aliphatic rings. The van der Waals surface area contributed by atoms with E-state index in [1.807, 2.05) is 0 Å². The summed E-state index contributed by atoms with van der Waals surface area (Å²) in [4.78, 5) is 54.2. The van der Waals surface area contributed by atoms with Crippen LogP contribution in [0.5, 0.6) is 0 Å². The quantitative estimate of drug-likeness (QED) is 0.303. The Morgan fingerprint density at radius 2 is 1.64 bits per heavy atom. The molecule has 0 unspecified atom stereocenters. The molecule has 3 aromatic carbocycles. The Kier molecular flexibility index (Phi) is 4.60. The number of nitro groups is 1. The van der Waals surface area contributed by atoms with Gasteiger partial charge in [0.15, 0.2) is 17.3 Å². The minimum Gasteiger partial charge on any atom is -0.352 e. The van der Waals surface area contributed by atoms with Crippen molar-refractivity contribution in [2.75, 3.05) is 4.90 Å². The average molecular weight is 482 g/mol. The number of anilines is 1. The van der Waals surface area contributed by atoms with Crippen LogP contribution in [0.2, 0.25) is 0 Å². The summed E-state index contributed by atoms with van der Waals surface area (Å²) >= 11 is 0. The van der Waals surface area contributed by atoms with E-state index in [1.165, 1.54) is 43.3 Å². The Labute approximate surface area is 205 Å². The topological polar surface area (TPSA) is 97.6 Å². The molecule has 178 valence electrons. The third kappa shape index (κ3) is 2.69. The Bertz CT molecular complexity index is 1490. The summed E-state index contributed by atoms with van der Waals surface area (Å²) in [6.07, 6.45) is 3.38. The van der Waals surface area contributed by atoms with E-state index in [2.05, 4.69) is 0 Å². The summed E-state index contributed by atoms with van der Waals surface area (Å²) in [7, 11) is 0. The molecule has 8 heteroatoms. The fourth-order valence-electron chi connectivity index (χ4n) is 6.28. The molecule has 0 saturated carbocycles. The van der Waals surface area contributed by atoms with Gasteiger partial charge in [0.1, 0.15) is 11.2 Å². The highest BCUT2D eigenvalue weighted by Gasteiger charge is 2.71. The highest BCUT2D eigenvalue weighted by Crippen LogP contribution is 2.60. The number of nitrogens with zero attached hydrogens (tertiary/aromatic N) is 2. The summed E-state index contributed by atoms with van der Waals surface area (Å²) in [5.41, 5.74) is 0.321. The van der Waals surface area contributed by atoms with Crippen molar-refractivity contribution < 1.29 is 23.7 Å². The molecule has 1 saturated heterocycles. The number of rotatable bonds is 3. The molecule has 2 aliphatic heterocycles. The van der Waals surface area contributed by atoms with Crippen LogP contribution in [-0.4, -0.2) is 34.4 Å². The van der Waals surface area contributed by atoms with Crippen molar-refractivity contribution in [2.24, 2.45) is 5.41 Å². The first kappa shape index (κ1) is 22.0. The van der Waals surface area contributed by atoms with Crippen molar-refractivity contribution in [3.05, 3.63) is 111 Å². The maximum absolute atomic E-state index is 14.2. The molecule has 6 rings (SSSR count). The lowest BCUT2D eigenvalue weighted by Crippen LogP contribution is -2.48. The van der Waals surface area contributed by atoms with E-state index in [9.17, 15) is 28.9 Å². The lowest BCUT2D eigenvalue weighted by Gasteiger charge is -2.37. The molecule has 7 nitrogen and oxygen atoms in total. The molecule has 3 atom stereocenters. The monoisotopic (exact) mass is 482 g/mol. The number of fused-ring (bicyclic) bond motifs is 5. The van der Waals surface area contributed by atoms with Gasteiger partial charge in [0.05, 0.1) is 17.0 Å². The molecule has 0 N–H and O–H groups in total. The van der Waals surface area contributed by atoms with Gasteiger partial charge in [-0.05, 0) is 30.7 Å². The van der Waals surface area contributed by atoms with E-state index in [0.717, 1.165) is 0 Å². The van der Waals surface area contributed by atoms with E-state index >= 15 is 0 Å². The van der Waals surface area contributed by atoms with Gasteiger partial charge in [-0.1, -0.05) is 48.6 Å². The summed E-state index contributed by atoms with van der Waals surface area (Å²) in [5, 5.41) is 11.3. The second kappa shape index (κ2) is 7.52. The van der Waals surface area contributed by atoms with Crippen molar-refractivity contribution in [1.29, 1.82) is 0 Å². The molecule has 3 aromatic rings. The Balaban J connectivity index is 1.66. The van der Waals surface area contributed by atoms with E-state index in [0.29, 0.717) is 16.8 Å². The molecule has 2 heterocycles. The van der Waals surface area contributed by atoms with Crippen LogP contribution in [0.15, 0.2) is 72.8 Å². The Hall–Kier alpha value is -4.46. The number of non-ortho nitro benzene ring substituents is 1. The standard InChI is InChI=1S/C28H19FN2O5/c1-15(32)25-24(16-6-10-19(11-7-16)31(35)36)28(26(33)20-4-2-3-5-21(20)27(28)34)23-13-8-17-14-18(29)9-12-22(17)30(23)25/h2-14,23-25H,1H3/t23-,24+,25-/m1/s1. The first-order valence-corrected chi connectivity index (χ1v) is 11.5. The summed E-state index contributed by atoms with van der Waals surface area (Å²) in [6, 6.07) is 14.7. The zero-order valence-electron chi connectivity index (χ0n) is 19.1. The number of carbonyl (C=O) groups is 3. The van der Waals surface area contributed by atoms with Crippen molar-refractivity contribution >= 4 is 34.8 Å². The zero-order valence-corrected chi connectivity index (χ0v) is 19.1. The molecule has 0 amide bonds. The number of benzene rings is 3. The highest BCUT2D eigenvalue weighted by molar-refractivity contribution is 6.32. The van der Waals surface area contributed by atoms with E-state index in [1.54, 1.807) is 47.4 Å². The maximum Gasteiger partial charge on any atom is 0.269 e. The molecule has 0 bridgehead atoms. The van der Waals surface area contributed by atoms with Crippen LogP contribution in [0.1, 0.15) is 44.7 Å². The molecule has 0 radical (unpaired) electrons. The largest absolute Gasteiger partial charge is 0.352 e. The molecule has 36 heavy (non-hydrogen) atoms. The van der Waals surface area contributed by atoms with Crippen LogP contribution < -0.4 is 4.90 Å². The van der Waals surface area contributed by atoms with Crippen molar-refractivity contribution in [1.82, 2.24) is 0 Å². The normalized spacial score (nSPS) is 22.9. The second-order valence-electron chi connectivity index (χ2n) is 9.37. The number of ketones is 3. The molecular formula is C28H19FN2O5. The summed E-state index contributed by atoms with van der Waals surface area (Å²) in [5.74, 6) is -2.42. The number of hydrogen-bond donors (Lipinski definition) is 0. The molecular weight excluding hydrogens is 463 g/mol. The van der Waals surface area contributed by atoms with Crippen LogP contribution in [-0.2, 0) is 4.79 Å². The van der Waals surface area contributed by atoms with Crippen LogP contribution in [0, 0.1) is 21.3 Å². The van der Waals surface area contributed by atoms with Gasteiger partial charge < -0.3 is 4.90 Å². The number of hydrogen-bond acceptors (Lipinski definition) is 6. The second-order valence-corrected chi connectivity index (χ2v) is 9.37. The zero-order chi connectivity index (χ0) is 25.4. The van der Waals surface area contributed by atoms with Crippen molar-refractivity contribution in [2.45, 2.75) is 24.9 Å². The van der Waals surface area contributed by atoms with E-state index < -0.39 is 34.2 Å². The lowest BCUT2D eigenvalue weighted by molar-refractivity contribution is -0.384. The third-order valence-electron chi connectivity index (χ3n) is 7.65. The van der Waals surface area contributed by atoms with Crippen LogP contribution in [0.3, 0.4) is 0 Å². The van der Waals surface area contributed by atoms with Crippen LogP contribution in [0.4, 0.5) is 15.8 Å². The number of Topliss-reactive ketones (excluding diaryl/α,β-unsaturated/α-hetero) is 3. The molecule has 1 spiro atoms. The van der Waals surface area contributed by atoms with Crippen LogP contribution >= 0.6 is 0 Å². The smallest absolute Gasteiger partial charge is 0.269 e. The van der Waals surface area contributed by atoms with Gasteiger partial charge in [-0.3, -0.25) is 24.5 Å². The van der Waals surface area contributed by atoms with E-state index in [-0.39, 0.29) is 34.2 Å². The first-order chi connectivity index (χ1) is 17.3. The minimum absolute atomic E-state index is 0.143. The van der Waals surface area contributed by atoms with Gasteiger partial charge in [0.2, 0.25) is 0 Å². The number of nitro benzene ring substituents is 1.